The minimum absolute atomic E-state index is 0.0388. The number of nitrogens with zero attached hydrogens (tertiary/aromatic N) is 1. The van der Waals surface area contributed by atoms with Crippen LogP contribution in [0, 0.1) is 5.92 Å². The highest BCUT2D eigenvalue weighted by Gasteiger charge is 2.28. The van der Waals surface area contributed by atoms with Gasteiger partial charge < -0.3 is 0 Å². The average molecular weight is 275 g/mol. The molecule has 1 atom stereocenters. The maximum atomic E-state index is 11.9. The Labute approximate surface area is 121 Å². The first-order valence-corrected chi connectivity index (χ1v) is 6.83. The summed E-state index contributed by atoms with van der Waals surface area (Å²) < 4.78 is 0. The van der Waals surface area contributed by atoms with E-state index < -0.39 is 0 Å². The third kappa shape index (κ3) is 1.92. The minimum atomic E-state index is -0.238. The van der Waals surface area contributed by atoms with Crippen molar-refractivity contribution >= 4 is 22.5 Å². The second-order valence-electron chi connectivity index (χ2n) is 5.08. The lowest BCUT2D eigenvalue weighted by atomic mass is 9.89. The van der Waals surface area contributed by atoms with Crippen LogP contribution >= 0.6 is 0 Å². The number of carbonyl (C=O) groups is 1. The zero-order chi connectivity index (χ0) is 14.2. The molecule has 4 heteroatoms. The van der Waals surface area contributed by atoms with Crippen molar-refractivity contribution in [3.8, 4) is 0 Å². The molecule has 2 aliphatic rings. The van der Waals surface area contributed by atoms with Crippen LogP contribution in [-0.4, -0.2) is 10.9 Å². The number of pyridine rings is 1. The molecule has 0 spiro atoms. The van der Waals surface area contributed by atoms with Gasteiger partial charge in [-0.3, -0.25) is 20.6 Å². The molecule has 1 aliphatic carbocycles. The molecule has 2 N–H and O–H groups in total. The summed E-state index contributed by atoms with van der Waals surface area (Å²) in [5.41, 5.74) is 9.52. The SMILES string of the molecule is O=C1NNC(c2cnc3ccccc3c2)=C2C=CC=CC12. The molecule has 4 rings (SSSR count). The topological polar surface area (TPSA) is 54.0 Å². The number of para-hydroxylation sites is 1. The van der Waals surface area contributed by atoms with Crippen molar-refractivity contribution in [2.24, 2.45) is 5.92 Å². The molecule has 102 valence electrons. The van der Waals surface area contributed by atoms with Crippen LogP contribution in [-0.2, 0) is 4.79 Å². The third-order valence-electron chi connectivity index (χ3n) is 3.79. The second-order valence-corrected chi connectivity index (χ2v) is 5.08. The second kappa shape index (κ2) is 4.59. The van der Waals surface area contributed by atoms with Crippen LogP contribution < -0.4 is 10.9 Å². The number of aromatic nitrogens is 1. The Morgan fingerprint density at radius 1 is 1.10 bits per heavy atom. The molecular formula is C17H13N3O. The average Bonchev–Trinajstić information content (AvgIpc) is 2.55. The van der Waals surface area contributed by atoms with Gasteiger partial charge in [0.25, 0.3) is 0 Å². The van der Waals surface area contributed by atoms with Crippen molar-refractivity contribution in [2.75, 3.05) is 0 Å². The Morgan fingerprint density at radius 3 is 2.95 bits per heavy atom. The Hall–Kier alpha value is -2.88. The van der Waals surface area contributed by atoms with E-state index in [0.29, 0.717) is 0 Å². The first-order valence-electron chi connectivity index (χ1n) is 6.83. The van der Waals surface area contributed by atoms with Gasteiger partial charge in [0.15, 0.2) is 0 Å². The van der Waals surface area contributed by atoms with Crippen LogP contribution in [0.3, 0.4) is 0 Å². The van der Waals surface area contributed by atoms with Gasteiger partial charge in [-0.05, 0) is 17.7 Å². The van der Waals surface area contributed by atoms with E-state index in [-0.39, 0.29) is 11.8 Å². The van der Waals surface area contributed by atoms with E-state index in [1.165, 1.54) is 0 Å². The fourth-order valence-electron chi connectivity index (χ4n) is 2.73. The van der Waals surface area contributed by atoms with E-state index in [0.717, 1.165) is 27.7 Å². The Morgan fingerprint density at radius 2 is 2.00 bits per heavy atom. The van der Waals surface area contributed by atoms with Crippen LogP contribution in [0.4, 0.5) is 0 Å². The van der Waals surface area contributed by atoms with Crippen LogP contribution in [0.15, 0.2) is 66.4 Å². The number of amides is 1. The van der Waals surface area contributed by atoms with Gasteiger partial charge in [-0.1, -0.05) is 42.5 Å². The van der Waals surface area contributed by atoms with Crippen LogP contribution in [0.25, 0.3) is 16.6 Å². The molecule has 2 aromatic rings. The zero-order valence-electron chi connectivity index (χ0n) is 11.2. The summed E-state index contributed by atoms with van der Waals surface area (Å²) in [4.78, 5) is 16.4. The van der Waals surface area contributed by atoms with Gasteiger partial charge >= 0.3 is 0 Å². The number of hydrogen-bond acceptors (Lipinski definition) is 3. The summed E-state index contributed by atoms with van der Waals surface area (Å²) in [6, 6.07) is 10.1. The fraction of sp³-hybridized carbons (Fsp3) is 0.0588. The summed E-state index contributed by atoms with van der Waals surface area (Å²) in [5.74, 6) is -0.277. The molecule has 4 nitrogen and oxygen atoms in total. The molecule has 0 radical (unpaired) electrons. The standard InChI is InChI=1S/C17H13N3O/c21-17-14-7-3-2-6-13(14)16(19-20-17)12-9-11-5-1-4-8-15(11)18-10-12/h1-10,14,19H,(H,20,21). The van der Waals surface area contributed by atoms with Gasteiger partial charge in [0, 0.05) is 17.1 Å². The Bertz CT molecular complexity index is 833. The van der Waals surface area contributed by atoms with Crippen molar-refractivity contribution < 1.29 is 4.79 Å². The van der Waals surface area contributed by atoms with Gasteiger partial charge in [-0.25, -0.2) is 0 Å². The maximum Gasteiger partial charge on any atom is 0.249 e. The summed E-state index contributed by atoms with van der Waals surface area (Å²) >= 11 is 0. The smallest absolute Gasteiger partial charge is 0.249 e. The number of nitrogens with one attached hydrogen (secondary N) is 2. The van der Waals surface area contributed by atoms with Gasteiger partial charge in [0.05, 0.1) is 17.1 Å². The number of carbonyl (C=O) groups excluding carboxylic acids is 1. The Balaban J connectivity index is 1.88. The lowest BCUT2D eigenvalue weighted by Crippen LogP contribution is -2.45. The van der Waals surface area contributed by atoms with Crippen LogP contribution in [0.1, 0.15) is 5.56 Å². The highest BCUT2D eigenvalue weighted by atomic mass is 16.2. The number of fused-ring (bicyclic) bond motifs is 2. The maximum absolute atomic E-state index is 11.9. The molecule has 2 heterocycles. The van der Waals surface area contributed by atoms with Gasteiger partial charge in [-0.2, -0.15) is 0 Å². The fourth-order valence-corrected chi connectivity index (χ4v) is 2.73. The molecule has 1 unspecified atom stereocenters. The molecule has 1 aromatic heterocycles. The predicted octanol–water partition coefficient (Wildman–Crippen LogP) is 2.32. The predicted molar refractivity (Wildman–Crippen MR) is 81.7 cm³/mol. The highest BCUT2D eigenvalue weighted by Crippen LogP contribution is 2.29. The van der Waals surface area contributed by atoms with Crippen molar-refractivity contribution in [3.63, 3.8) is 0 Å². The molecule has 1 amide bonds. The van der Waals surface area contributed by atoms with E-state index >= 15 is 0 Å². The van der Waals surface area contributed by atoms with E-state index in [1.807, 2.05) is 54.8 Å². The van der Waals surface area contributed by atoms with Gasteiger partial charge in [0.2, 0.25) is 5.91 Å². The van der Waals surface area contributed by atoms with Crippen LogP contribution in [0.5, 0.6) is 0 Å². The van der Waals surface area contributed by atoms with E-state index in [2.05, 4.69) is 21.9 Å². The number of rotatable bonds is 1. The summed E-state index contributed by atoms with van der Waals surface area (Å²) in [6.07, 6.45) is 9.55. The van der Waals surface area contributed by atoms with E-state index in [4.69, 9.17) is 0 Å². The summed E-state index contributed by atoms with van der Waals surface area (Å²) in [5, 5.41) is 1.08. The molecule has 1 aliphatic heterocycles. The lowest BCUT2D eigenvalue weighted by Gasteiger charge is -2.27. The van der Waals surface area contributed by atoms with Gasteiger partial charge in [0.1, 0.15) is 0 Å². The zero-order valence-corrected chi connectivity index (χ0v) is 11.2. The minimum Gasteiger partial charge on any atom is -0.298 e. The number of hydrogen-bond donors (Lipinski definition) is 2. The summed E-state index contributed by atoms with van der Waals surface area (Å²) in [6.45, 7) is 0. The largest absolute Gasteiger partial charge is 0.298 e. The highest BCUT2D eigenvalue weighted by molar-refractivity contribution is 5.93. The molecule has 0 bridgehead atoms. The molecule has 21 heavy (non-hydrogen) atoms. The molecule has 0 fully saturated rings. The number of benzene rings is 1. The van der Waals surface area contributed by atoms with Crippen molar-refractivity contribution in [3.05, 3.63) is 72.0 Å². The number of allylic oxidation sites excluding steroid dienone is 3. The Kier molecular flexibility index (Phi) is 2.60. The van der Waals surface area contributed by atoms with Crippen molar-refractivity contribution in [1.29, 1.82) is 0 Å². The first kappa shape index (κ1) is 11.9. The third-order valence-corrected chi connectivity index (χ3v) is 3.79. The molecule has 0 saturated carbocycles. The van der Waals surface area contributed by atoms with E-state index in [1.54, 1.807) is 0 Å². The normalized spacial score (nSPS) is 20.2. The first-order chi connectivity index (χ1) is 10.3. The molecule has 0 saturated heterocycles. The lowest BCUT2D eigenvalue weighted by molar-refractivity contribution is -0.123. The van der Waals surface area contributed by atoms with Crippen LogP contribution in [0.2, 0.25) is 0 Å². The van der Waals surface area contributed by atoms with E-state index in [9.17, 15) is 4.79 Å². The molecule has 1 aromatic carbocycles. The van der Waals surface area contributed by atoms with Crippen molar-refractivity contribution in [1.82, 2.24) is 15.8 Å². The van der Waals surface area contributed by atoms with Gasteiger partial charge in [-0.15, -0.1) is 0 Å². The number of hydrazine groups is 1. The quantitative estimate of drug-likeness (QED) is 0.840. The monoisotopic (exact) mass is 275 g/mol. The van der Waals surface area contributed by atoms with Crippen molar-refractivity contribution in [2.45, 2.75) is 0 Å². The summed E-state index contributed by atoms with van der Waals surface area (Å²) in [7, 11) is 0. The molecular weight excluding hydrogens is 262 g/mol.